The minimum absolute atomic E-state index is 0.290. The third-order valence-corrected chi connectivity index (χ3v) is 5.77. The van der Waals surface area contributed by atoms with Gasteiger partial charge in [0.05, 0.1) is 11.4 Å². The predicted octanol–water partition coefficient (Wildman–Crippen LogP) is 5.80. The van der Waals surface area contributed by atoms with Crippen LogP contribution in [0.25, 0.3) is 0 Å². The molecule has 1 aliphatic heterocycles. The summed E-state index contributed by atoms with van der Waals surface area (Å²) >= 11 is 1.78. The molecule has 0 saturated carbocycles. The molecule has 4 aromatic rings. The molecule has 0 radical (unpaired) electrons. The Morgan fingerprint density at radius 3 is 2.21 bits per heavy atom. The molecule has 0 saturated heterocycles. The quantitative estimate of drug-likeness (QED) is 0.454. The monoisotopic (exact) mass is 404 g/mol. The smallest absolute Gasteiger partial charge is 0.320 e. The number of aromatic nitrogens is 2. The number of hydrogen-bond acceptors (Lipinski definition) is 6. The highest BCUT2D eigenvalue weighted by molar-refractivity contribution is 7.99. The van der Waals surface area contributed by atoms with Crippen molar-refractivity contribution < 1.29 is 8.81 Å². The molecule has 1 aliphatic rings. The molecular weight excluding hydrogens is 387 g/mol. The van der Waals surface area contributed by atoms with Gasteiger partial charge in [0.2, 0.25) is 5.89 Å². The second kappa shape index (κ2) is 7.60. The van der Waals surface area contributed by atoms with Crippen molar-refractivity contribution in [1.29, 1.82) is 0 Å². The summed E-state index contributed by atoms with van der Waals surface area (Å²) in [5, 5.41) is 11.2. The molecule has 0 amide bonds. The Morgan fingerprint density at radius 1 is 0.862 bits per heavy atom. The van der Waals surface area contributed by atoms with Gasteiger partial charge in [-0.2, -0.15) is 0 Å². The lowest BCUT2D eigenvalue weighted by Crippen LogP contribution is -2.23. The SMILES string of the molecule is Fc1ccc(Nc2nnc(CCN3c4ccccc4Sc4ccccc43)o2)cc1. The second-order valence-electron chi connectivity index (χ2n) is 6.57. The second-order valence-corrected chi connectivity index (χ2v) is 7.66. The summed E-state index contributed by atoms with van der Waals surface area (Å²) in [6.45, 7) is 0.715. The lowest BCUT2D eigenvalue weighted by atomic mass is 10.2. The zero-order valence-electron chi connectivity index (χ0n) is 15.4. The van der Waals surface area contributed by atoms with Crippen LogP contribution >= 0.6 is 11.8 Å². The zero-order chi connectivity index (χ0) is 19.6. The van der Waals surface area contributed by atoms with Gasteiger partial charge in [0.1, 0.15) is 5.82 Å². The molecule has 1 N–H and O–H groups in total. The van der Waals surface area contributed by atoms with Gasteiger partial charge in [-0.1, -0.05) is 41.1 Å². The molecular formula is C22H17FN4OS. The lowest BCUT2D eigenvalue weighted by molar-refractivity contribution is 0.508. The third kappa shape index (κ3) is 3.69. The fourth-order valence-corrected chi connectivity index (χ4v) is 4.39. The van der Waals surface area contributed by atoms with E-state index < -0.39 is 0 Å². The molecule has 144 valence electrons. The van der Waals surface area contributed by atoms with E-state index in [1.807, 2.05) is 0 Å². The van der Waals surface area contributed by atoms with Gasteiger partial charge in [0, 0.05) is 28.4 Å². The van der Waals surface area contributed by atoms with Crippen molar-refractivity contribution in [3.63, 3.8) is 0 Å². The van der Waals surface area contributed by atoms with Gasteiger partial charge < -0.3 is 14.6 Å². The molecule has 1 aromatic heterocycles. The van der Waals surface area contributed by atoms with Gasteiger partial charge in [0.15, 0.2) is 0 Å². The van der Waals surface area contributed by atoms with E-state index in [0.29, 0.717) is 30.6 Å². The summed E-state index contributed by atoms with van der Waals surface area (Å²) < 4.78 is 18.8. The predicted molar refractivity (Wildman–Crippen MR) is 112 cm³/mol. The van der Waals surface area contributed by atoms with E-state index in [-0.39, 0.29) is 5.82 Å². The molecule has 0 bridgehead atoms. The van der Waals surface area contributed by atoms with Crippen LogP contribution in [0.5, 0.6) is 0 Å². The van der Waals surface area contributed by atoms with Crippen LogP contribution in [0.4, 0.5) is 27.5 Å². The van der Waals surface area contributed by atoms with Crippen LogP contribution in [0.1, 0.15) is 5.89 Å². The molecule has 7 heteroatoms. The largest absolute Gasteiger partial charge is 0.408 e. The van der Waals surface area contributed by atoms with Crippen LogP contribution in [0.2, 0.25) is 0 Å². The Bertz CT molecular complexity index is 1100. The average Bonchev–Trinajstić information content (AvgIpc) is 3.20. The standard InChI is InChI=1S/C22H17FN4OS/c23-15-9-11-16(12-10-15)24-22-26-25-21(28-22)13-14-27-17-5-1-3-7-19(17)29-20-8-4-2-6-18(20)27/h1-12H,13-14H2,(H,24,26). The van der Waals surface area contributed by atoms with Crippen molar-refractivity contribution in [3.05, 3.63) is 84.5 Å². The van der Waals surface area contributed by atoms with E-state index in [9.17, 15) is 4.39 Å². The van der Waals surface area contributed by atoms with Crippen molar-refractivity contribution >= 4 is 34.8 Å². The highest BCUT2D eigenvalue weighted by Crippen LogP contribution is 2.47. The van der Waals surface area contributed by atoms with Crippen LogP contribution in [0, 0.1) is 5.82 Å². The Kier molecular flexibility index (Phi) is 4.65. The Morgan fingerprint density at radius 2 is 1.52 bits per heavy atom. The minimum atomic E-state index is -0.290. The topological polar surface area (TPSA) is 54.2 Å². The average molecular weight is 404 g/mol. The minimum Gasteiger partial charge on any atom is -0.408 e. The first-order valence-corrected chi connectivity index (χ1v) is 10.1. The number of hydrogen-bond donors (Lipinski definition) is 1. The summed E-state index contributed by atoms with van der Waals surface area (Å²) in [6, 6.07) is 23.1. The number of rotatable bonds is 5. The van der Waals surface area contributed by atoms with Crippen LogP contribution < -0.4 is 10.2 Å². The summed E-state index contributed by atoms with van der Waals surface area (Å²) in [5.74, 6) is 0.254. The zero-order valence-corrected chi connectivity index (χ0v) is 16.2. The maximum atomic E-state index is 13.0. The van der Waals surface area contributed by atoms with Crippen molar-refractivity contribution in [1.82, 2.24) is 10.2 Å². The van der Waals surface area contributed by atoms with Gasteiger partial charge >= 0.3 is 6.01 Å². The maximum Gasteiger partial charge on any atom is 0.320 e. The molecule has 0 unspecified atom stereocenters. The van der Waals surface area contributed by atoms with Crippen LogP contribution in [0.3, 0.4) is 0 Å². The first kappa shape index (κ1) is 17.8. The number of fused-ring (bicyclic) bond motifs is 2. The number of nitrogens with zero attached hydrogens (tertiary/aromatic N) is 3. The number of nitrogens with one attached hydrogen (secondary N) is 1. The molecule has 29 heavy (non-hydrogen) atoms. The summed E-state index contributed by atoms with van der Waals surface area (Å²) in [6.07, 6.45) is 0.603. The number of benzene rings is 3. The first-order chi connectivity index (χ1) is 14.3. The van der Waals surface area contributed by atoms with E-state index in [4.69, 9.17) is 4.42 Å². The molecule has 5 rings (SSSR count). The van der Waals surface area contributed by atoms with Crippen molar-refractivity contribution in [2.24, 2.45) is 0 Å². The lowest BCUT2D eigenvalue weighted by Gasteiger charge is -2.32. The maximum absolute atomic E-state index is 13.0. The van der Waals surface area contributed by atoms with Crippen molar-refractivity contribution in [3.8, 4) is 0 Å². The molecule has 0 spiro atoms. The highest BCUT2D eigenvalue weighted by Gasteiger charge is 2.23. The fourth-order valence-electron chi connectivity index (χ4n) is 3.29. The summed E-state index contributed by atoms with van der Waals surface area (Å²) in [5.41, 5.74) is 3.05. The highest BCUT2D eigenvalue weighted by atomic mass is 32.2. The van der Waals surface area contributed by atoms with Gasteiger partial charge in [0.25, 0.3) is 0 Å². The fraction of sp³-hybridized carbons (Fsp3) is 0.0909. The Balaban J connectivity index is 1.33. The molecule has 2 heterocycles. The van der Waals surface area contributed by atoms with Crippen molar-refractivity contribution in [2.45, 2.75) is 16.2 Å². The molecule has 0 atom stereocenters. The summed E-state index contributed by atoms with van der Waals surface area (Å²) in [7, 11) is 0. The Hall–Kier alpha value is -3.32. The molecule has 5 nitrogen and oxygen atoms in total. The van der Waals surface area contributed by atoms with E-state index >= 15 is 0 Å². The van der Waals surface area contributed by atoms with Crippen molar-refractivity contribution in [2.75, 3.05) is 16.8 Å². The normalized spacial score (nSPS) is 12.4. The van der Waals surface area contributed by atoms with E-state index in [1.165, 1.54) is 33.3 Å². The van der Waals surface area contributed by atoms with Gasteiger partial charge in [-0.3, -0.25) is 0 Å². The van der Waals surface area contributed by atoms with Crippen LogP contribution in [-0.4, -0.2) is 16.7 Å². The number of anilines is 4. The third-order valence-electron chi connectivity index (χ3n) is 4.64. The van der Waals surface area contributed by atoms with Crippen LogP contribution in [-0.2, 0) is 6.42 Å². The number of halogens is 1. The van der Waals surface area contributed by atoms with E-state index in [0.717, 1.165) is 0 Å². The summed E-state index contributed by atoms with van der Waals surface area (Å²) in [4.78, 5) is 4.75. The molecule has 3 aromatic carbocycles. The number of para-hydroxylation sites is 2. The van der Waals surface area contributed by atoms with Gasteiger partial charge in [-0.15, -0.1) is 5.10 Å². The van der Waals surface area contributed by atoms with Gasteiger partial charge in [-0.05, 0) is 48.5 Å². The molecule has 0 aliphatic carbocycles. The van der Waals surface area contributed by atoms with Gasteiger partial charge in [-0.25, -0.2) is 4.39 Å². The van der Waals surface area contributed by atoms with E-state index in [1.54, 1.807) is 23.9 Å². The first-order valence-electron chi connectivity index (χ1n) is 9.25. The van der Waals surface area contributed by atoms with Crippen LogP contribution in [0.15, 0.2) is 87.0 Å². The Labute approximate surface area is 171 Å². The molecule has 0 fully saturated rings. The van der Waals surface area contributed by atoms with E-state index in [2.05, 4.69) is 68.9 Å².